The molecule has 0 aliphatic carbocycles. The molecule has 6 heteroatoms. The number of nitrogens with one attached hydrogen (secondary N) is 2. The Labute approximate surface area is 189 Å². The van der Waals surface area contributed by atoms with Crippen LogP contribution >= 0.6 is 0 Å². The summed E-state index contributed by atoms with van der Waals surface area (Å²) in [4.78, 5) is 24.8. The highest BCUT2D eigenvalue weighted by atomic mass is 16.5. The maximum atomic E-state index is 12.5. The van der Waals surface area contributed by atoms with Gasteiger partial charge in [-0.1, -0.05) is 45.0 Å². The number of rotatable bonds is 8. The van der Waals surface area contributed by atoms with Gasteiger partial charge in [0.2, 0.25) is 0 Å². The second kappa shape index (κ2) is 10.2. The molecule has 6 nitrogen and oxygen atoms in total. The molecule has 0 saturated carbocycles. The monoisotopic (exact) mass is 434 g/mol. The van der Waals surface area contributed by atoms with Crippen LogP contribution in [-0.2, 0) is 23.3 Å². The Morgan fingerprint density at radius 1 is 0.969 bits per heavy atom. The second-order valence-corrected chi connectivity index (χ2v) is 8.71. The summed E-state index contributed by atoms with van der Waals surface area (Å²) in [5, 5.41) is 5.68. The van der Waals surface area contributed by atoms with Crippen LogP contribution in [0.4, 0.5) is 0 Å². The molecule has 0 aliphatic heterocycles. The van der Waals surface area contributed by atoms with Crippen molar-refractivity contribution in [2.45, 2.75) is 52.3 Å². The fourth-order valence-electron chi connectivity index (χ4n) is 3.13. The van der Waals surface area contributed by atoms with Gasteiger partial charge in [-0.3, -0.25) is 9.59 Å². The molecule has 0 aliphatic rings. The summed E-state index contributed by atoms with van der Waals surface area (Å²) < 4.78 is 11.0. The average Bonchev–Trinajstić information content (AvgIpc) is 3.29. The largest absolute Gasteiger partial charge is 0.481 e. The SMILES string of the molecule is CC(Oc1ccc(C(C)(C)C)cc1)C(=O)NCc1cccc(C(=O)NCc2ccco2)c1. The van der Waals surface area contributed by atoms with Crippen LogP contribution in [0, 0.1) is 0 Å². The lowest BCUT2D eigenvalue weighted by Gasteiger charge is -2.20. The summed E-state index contributed by atoms with van der Waals surface area (Å²) in [5.41, 5.74) is 2.61. The van der Waals surface area contributed by atoms with Gasteiger partial charge in [0.05, 0.1) is 12.8 Å². The molecule has 0 radical (unpaired) electrons. The summed E-state index contributed by atoms with van der Waals surface area (Å²) >= 11 is 0. The number of carbonyl (C=O) groups is 2. The number of ether oxygens (including phenoxy) is 1. The molecule has 32 heavy (non-hydrogen) atoms. The van der Waals surface area contributed by atoms with E-state index in [9.17, 15) is 9.59 Å². The molecule has 0 bridgehead atoms. The highest BCUT2D eigenvalue weighted by Gasteiger charge is 2.17. The van der Waals surface area contributed by atoms with Gasteiger partial charge in [0.1, 0.15) is 11.5 Å². The molecule has 3 aromatic rings. The molecular weight excluding hydrogens is 404 g/mol. The van der Waals surface area contributed by atoms with E-state index in [1.54, 1.807) is 43.5 Å². The summed E-state index contributed by atoms with van der Waals surface area (Å²) in [5.74, 6) is 0.905. The first-order valence-corrected chi connectivity index (χ1v) is 10.7. The highest BCUT2D eigenvalue weighted by Crippen LogP contribution is 2.24. The number of hydrogen-bond donors (Lipinski definition) is 2. The molecule has 1 atom stereocenters. The molecule has 1 heterocycles. The normalized spacial score (nSPS) is 12.1. The first-order chi connectivity index (χ1) is 15.2. The molecular formula is C26H30N2O4. The van der Waals surface area contributed by atoms with E-state index in [4.69, 9.17) is 9.15 Å². The fraction of sp³-hybridized carbons (Fsp3) is 0.308. The van der Waals surface area contributed by atoms with Gasteiger partial charge in [-0.05, 0) is 59.9 Å². The molecule has 3 rings (SSSR count). The highest BCUT2D eigenvalue weighted by molar-refractivity contribution is 5.94. The van der Waals surface area contributed by atoms with Gasteiger partial charge in [0, 0.05) is 12.1 Å². The zero-order valence-corrected chi connectivity index (χ0v) is 19.0. The van der Waals surface area contributed by atoms with Gasteiger partial charge in [-0.25, -0.2) is 0 Å². The van der Waals surface area contributed by atoms with E-state index < -0.39 is 6.10 Å². The Bertz CT molecular complexity index is 1030. The van der Waals surface area contributed by atoms with Gasteiger partial charge in [-0.15, -0.1) is 0 Å². The minimum Gasteiger partial charge on any atom is -0.481 e. The zero-order chi connectivity index (χ0) is 23.1. The molecule has 2 amide bonds. The lowest BCUT2D eigenvalue weighted by Crippen LogP contribution is -2.36. The molecule has 0 saturated heterocycles. The Balaban J connectivity index is 1.50. The van der Waals surface area contributed by atoms with Crippen LogP contribution in [0.25, 0.3) is 0 Å². The van der Waals surface area contributed by atoms with E-state index in [1.165, 1.54) is 5.56 Å². The summed E-state index contributed by atoms with van der Waals surface area (Å²) in [6, 6.07) is 18.5. The van der Waals surface area contributed by atoms with E-state index in [1.807, 2.05) is 30.3 Å². The second-order valence-electron chi connectivity index (χ2n) is 8.71. The van der Waals surface area contributed by atoms with Crippen molar-refractivity contribution in [3.05, 3.63) is 89.4 Å². The van der Waals surface area contributed by atoms with Crippen molar-refractivity contribution < 1.29 is 18.7 Å². The molecule has 1 unspecified atom stereocenters. The summed E-state index contributed by atoms with van der Waals surface area (Å²) in [7, 11) is 0. The summed E-state index contributed by atoms with van der Waals surface area (Å²) in [6.07, 6.45) is 0.923. The third kappa shape index (κ3) is 6.48. The van der Waals surface area contributed by atoms with Crippen LogP contribution in [0.2, 0.25) is 0 Å². The predicted molar refractivity (Wildman–Crippen MR) is 123 cm³/mol. The van der Waals surface area contributed by atoms with E-state index in [2.05, 4.69) is 31.4 Å². The zero-order valence-electron chi connectivity index (χ0n) is 19.0. The summed E-state index contributed by atoms with van der Waals surface area (Å²) in [6.45, 7) is 8.78. The number of carbonyl (C=O) groups excluding carboxylic acids is 2. The van der Waals surface area contributed by atoms with Crippen LogP contribution in [-0.4, -0.2) is 17.9 Å². The Morgan fingerprint density at radius 3 is 2.38 bits per heavy atom. The van der Waals surface area contributed by atoms with Crippen LogP contribution in [0.3, 0.4) is 0 Å². The molecule has 1 aromatic heterocycles. The average molecular weight is 435 g/mol. The van der Waals surface area contributed by atoms with E-state index in [-0.39, 0.29) is 17.2 Å². The lowest BCUT2D eigenvalue weighted by atomic mass is 9.87. The Hall–Kier alpha value is -3.54. The number of amides is 2. The smallest absolute Gasteiger partial charge is 0.261 e. The van der Waals surface area contributed by atoms with Crippen molar-refractivity contribution in [1.29, 1.82) is 0 Å². The molecule has 0 spiro atoms. The number of benzene rings is 2. The van der Waals surface area contributed by atoms with Crippen molar-refractivity contribution in [2.24, 2.45) is 0 Å². The van der Waals surface area contributed by atoms with Crippen molar-refractivity contribution in [1.82, 2.24) is 10.6 Å². The Morgan fingerprint density at radius 2 is 1.72 bits per heavy atom. The fourth-order valence-corrected chi connectivity index (χ4v) is 3.13. The quantitative estimate of drug-likeness (QED) is 0.543. The topological polar surface area (TPSA) is 80.6 Å². The van der Waals surface area contributed by atoms with Gasteiger partial charge in [0.25, 0.3) is 11.8 Å². The van der Waals surface area contributed by atoms with E-state index >= 15 is 0 Å². The van der Waals surface area contributed by atoms with Crippen molar-refractivity contribution in [3.63, 3.8) is 0 Å². The van der Waals surface area contributed by atoms with Gasteiger partial charge in [0.15, 0.2) is 6.10 Å². The first-order valence-electron chi connectivity index (χ1n) is 10.7. The van der Waals surface area contributed by atoms with Crippen LogP contribution < -0.4 is 15.4 Å². The Kier molecular flexibility index (Phi) is 7.36. The van der Waals surface area contributed by atoms with Gasteiger partial charge in [-0.2, -0.15) is 0 Å². The van der Waals surface area contributed by atoms with Crippen LogP contribution in [0.5, 0.6) is 5.75 Å². The van der Waals surface area contributed by atoms with E-state index in [0.29, 0.717) is 30.2 Å². The minimum atomic E-state index is -0.643. The van der Waals surface area contributed by atoms with Crippen molar-refractivity contribution in [3.8, 4) is 5.75 Å². The van der Waals surface area contributed by atoms with Gasteiger partial charge < -0.3 is 19.8 Å². The predicted octanol–water partition coefficient (Wildman–Crippen LogP) is 4.59. The third-order valence-corrected chi connectivity index (χ3v) is 5.06. The maximum absolute atomic E-state index is 12.5. The number of hydrogen-bond acceptors (Lipinski definition) is 4. The molecule has 168 valence electrons. The molecule has 2 N–H and O–H groups in total. The molecule has 2 aromatic carbocycles. The molecule has 0 fully saturated rings. The lowest BCUT2D eigenvalue weighted by molar-refractivity contribution is -0.127. The van der Waals surface area contributed by atoms with Crippen molar-refractivity contribution >= 4 is 11.8 Å². The first kappa shape index (κ1) is 23.1. The third-order valence-electron chi connectivity index (χ3n) is 5.06. The van der Waals surface area contributed by atoms with E-state index in [0.717, 1.165) is 5.56 Å². The van der Waals surface area contributed by atoms with Gasteiger partial charge >= 0.3 is 0 Å². The maximum Gasteiger partial charge on any atom is 0.261 e. The number of furan rings is 1. The standard InChI is InChI=1S/C26H30N2O4/c1-18(32-22-12-10-21(11-13-22)26(2,3)4)24(29)27-16-19-7-5-8-20(15-19)25(30)28-17-23-9-6-14-31-23/h5-15,18H,16-17H2,1-4H3,(H,27,29)(H,28,30). The minimum absolute atomic E-state index is 0.0612. The van der Waals surface area contributed by atoms with Crippen molar-refractivity contribution in [2.75, 3.05) is 0 Å². The van der Waals surface area contributed by atoms with Crippen LogP contribution in [0.1, 0.15) is 54.9 Å². The van der Waals surface area contributed by atoms with Crippen LogP contribution in [0.15, 0.2) is 71.3 Å².